The number of hydrogen-bond donors (Lipinski definition) is 2. The van der Waals surface area contributed by atoms with Gasteiger partial charge in [-0.2, -0.15) is 0 Å². The van der Waals surface area contributed by atoms with Gasteiger partial charge in [0.25, 0.3) is 0 Å². The molecule has 0 aliphatic carbocycles. The van der Waals surface area contributed by atoms with Gasteiger partial charge in [-0.3, -0.25) is 4.79 Å². The highest BCUT2D eigenvalue weighted by Crippen LogP contribution is 1.96. The second kappa shape index (κ2) is 5.13. The molecule has 0 heterocycles. The normalized spacial score (nSPS) is 13.2. The van der Waals surface area contributed by atoms with Crippen molar-refractivity contribution < 1.29 is 9.90 Å². The fourth-order valence-corrected chi connectivity index (χ4v) is 0.815. The van der Waals surface area contributed by atoms with Gasteiger partial charge in [0.15, 0.2) is 0 Å². The first kappa shape index (κ1) is 10.4. The van der Waals surface area contributed by atoms with E-state index in [0.29, 0.717) is 0 Å². The van der Waals surface area contributed by atoms with Crippen LogP contribution >= 0.6 is 0 Å². The van der Waals surface area contributed by atoms with Crippen molar-refractivity contribution >= 4 is 5.91 Å². The fourth-order valence-electron chi connectivity index (χ4n) is 0.815. The number of aliphatic hydroxyl groups excluding tert-OH is 1. The molecule has 0 saturated heterocycles. The van der Waals surface area contributed by atoms with E-state index < -0.39 is 6.10 Å². The molecule has 0 spiro atoms. The van der Waals surface area contributed by atoms with Gasteiger partial charge in [-0.05, 0) is 19.8 Å². The number of nitrogens with one attached hydrogen (secondary N) is 1. The summed E-state index contributed by atoms with van der Waals surface area (Å²) in [5, 5.41) is 11.6. The third kappa shape index (κ3) is 3.98. The first-order valence-electron chi connectivity index (χ1n) is 4.10. The van der Waals surface area contributed by atoms with Crippen LogP contribution in [0, 0.1) is 0 Å². The van der Waals surface area contributed by atoms with Crippen LogP contribution in [0.1, 0.15) is 33.6 Å². The predicted molar refractivity (Wildman–Crippen MR) is 44.2 cm³/mol. The van der Waals surface area contributed by atoms with E-state index in [1.54, 1.807) is 0 Å². The second-order valence-electron chi connectivity index (χ2n) is 2.70. The largest absolute Gasteiger partial charge is 0.384 e. The summed E-state index contributed by atoms with van der Waals surface area (Å²) < 4.78 is 0. The van der Waals surface area contributed by atoms with E-state index >= 15 is 0 Å². The molecular weight excluding hydrogens is 142 g/mol. The van der Waals surface area contributed by atoms with E-state index in [9.17, 15) is 4.79 Å². The van der Waals surface area contributed by atoms with Gasteiger partial charge in [0, 0.05) is 6.04 Å². The van der Waals surface area contributed by atoms with Gasteiger partial charge >= 0.3 is 0 Å². The summed E-state index contributed by atoms with van der Waals surface area (Å²) in [5.74, 6) is -0.279. The lowest BCUT2D eigenvalue weighted by molar-refractivity contribution is -0.129. The van der Waals surface area contributed by atoms with Crippen molar-refractivity contribution in [1.29, 1.82) is 0 Å². The molecule has 1 amide bonds. The van der Waals surface area contributed by atoms with Crippen molar-refractivity contribution in [3.8, 4) is 0 Å². The quantitative estimate of drug-likeness (QED) is 0.633. The number of amides is 1. The summed E-state index contributed by atoms with van der Waals surface area (Å²) in [6.07, 6.45) is 0.930. The summed E-state index contributed by atoms with van der Waals surface area (Å²) in [7, 11) is 0. The molecular formula is C8H17NO2. The number of rotatable bonds is 4. The molecule has 11 heavy (non-hydrogen) atoms. The van der Waals surface area contributed by atoms with Crippen molar-refractivity contribution in [2.24, 2.45) is 0 Å². The Hall–Kier alpha value is -0.570. The van der Waals surface area contributed by atoms with E-state index in [1.165, 1.54) is 6.92 Å². The van der Waals surface area contributed by atoms with E-state index in [1.807, 2.05) is 13.8 Å². The van der Waals surface area contributed by atoms with E-state index in [4.69, 9.17) is 5.11 Å². The molecule has 0 saturated carbocycles. The van der Waals surface area contributed by atoms with Crippen LogP contribution in [-0.2, 0) is 4.79 Å². The maximum absolute atomic E-state index is 10.9. The number of hydrogen-bond acceptors (Lipinski definition) is 2. The van der Waals surface area contributed by atoms with Crippen molar-refractivity contribution in [2.45, 2.75) is 45.8 Å². The lowest BCUT2D eigenvalue weighted by atomic mass is 10.1. The van der Waals surface area contributed by atoms with Gasteiger partial charge in [0.05, 0.1) is 0 Å². The van der Waals surface area contributed by atoms with Crippen molar-refractivity contribution in [1.82, 2.24) is 5.32 Å². The Balaban J connectivity index is 3.72. The van der Waals surface area contributed by atoms with Crippen LogP contribution in [0.5, 0.6) is 0 Å². The minimum absolute atomic E-state index is 0.206. The monoisotopic (exact) mass is 159 g/mol. The van der Waals surface area contributed by atoms with Crippen molar-refractivity contribution in [3.05, 3.63) is 0 Å². The smallest absolute Gasteiger partial charge is 0.248 e. The van der Waals surface area contributed by atoms with Crippen LogP contribution in [0.2, 0.25) is 0 Å². The van der Waals surface area contributed by atoms with Crippen LogP contribution in [0.4, 0.5) is 0 Å². The molecule has 1 atom stereocenters. The zero-order chi connectivity index (χ0) is 8.85. The van der Waals surface area contributed by atoms with Gasteiger partial charge in [-0.25, -0.2) is 0 Å². The third-order valence-electron chi connectivity index (χ3n) is 1.71. The van der Waals surface area contributed by atoms with Crippen LogP contribution in [0.25, 0.3) is 0 Å². The molecule has 0 radical (unpaired) electrons. The molecule has 0 aliphatic rings. The summed E-state index contributed by atoms with van der Waals surface area (Å²) in [6, 6.07) is 0.206. The van der Waals surface area contributed by atoms with Gasteiger partial charge in [0.2, 0.25) is 5.91 Å². The highest BCUT2D eigenvalue weighted by molar-refractivity contribution is 5.80. The van der Waals surface area contributed by atoms with Crippen LogP contribution < -0.4 is 5.32 Å². The Bertz CT molecular complexity index is 119. The number of carbonyl (C=O) groups is 1. The van der Waals surface area contributed by atoms with Gasteiger partial charge in [0.1, 0.15) is 6.10 Å². The highest BCUT2D eigenvalue weighted by atomic mass is 16.3. The van der Waals surface area contributed by atoms with Gasteiger partial charge < -0.3 is 10.4 Å². The summed E-state index contributed by atoms with van der Waals surface area (Å²) in [5.41, 5.74) is 0. The summed E-state index contributed by atoms with van der Waals surface area (Å²) in [4.78, 5) is 10.9. The molecule has 3 heteroatoms. The SMILES string of the molecule is CCC(CC)NC(=O)C(C)O. The summed E-state index contributed by atoms with van der Waals surface area (Å²) >= 11 is 0. The zero-order valence-corrected chi connectivity index (χ0v) is 7.42. The Labute approximate surface area is 67.8 Å². The molecule has 2 N–H and O–H groups in total. The average Bonchev–Trinajstić information content (AvgIpc) is 1.99. The van der Waals surface area contributed by atoms with Crippen molar-refractivity contribution in [2.75, 3.05) is 0 Å². The van der Waals surface area contributed by atoms with Crippen LogP contribution in [-0.4, -0.2) is 23.2 Å². The Kier molecular flexibility index (Phi) is 4.86. The molecule has 0 bridgehead atoms. The maximum atomic E-state index is 10.9. The second-order valence-corrected chi connectivity index (χ2v) is 2.70. The Morgan fingerprint density at radius 1 is 1.45 bits per heavy atom. The first-order valence-corrected chi connectivity index (χ1v) is 4.10. The van der Waals surface area contributed by atoms with E-state index in [2.05, 4.69) is 5.32 Å². The molecule has 0 fully saturated rings. The Morgan fingerprint density at radius 2 is 1.91 bits per heavy atom. The minimum atomic E-state index is -0.893. The molecule has 0 aromatic carbocycles. The average molecular weight is 159 g/mol. The van der Waals surface area contributed by atoms with Gasteiger partial charge in [-0.15, -0.1) is 0 Å². The lowest BCUT2D eigenvalue weighted by Gasteiger charge is -2.15. The number of aliphatic hydroxyl groups is 1. The number of carbonyl (C=O) groups excluding carboxylic acids is 1. The fraction of sp³-hybridized carbons (Fsp3) is 0.875. The molecule has 0 aliphatic heterocycles. The maximum Gasteiger partial charge on any atom is 0.248 e. The zero-order valence-electron chi connectivity index (χ0n) is 7.42. The minimum Gasteiger partial charge on any atom is -0.384 e. The summed E-state index contributed by atoms with van der Waals surface area (Å²) in [6.45, 7) is 5.49. The molecule has 3 nitrogen and oxygen atoms in total. The Morgan fingerprint density at radius 3 is 2.18 bits per heavy atom. The van der Waals surface area contributed by atoms with Crippen LogP contribution in [0.15, 0.2) is 0 Å². The third-order valence-corrected chi connectivity index (χ3v) is 1.71. The predicted octanol–water partition coefficient (Wildman–Crippen LogP) is 0.672. The molecule has 1 unspecified atom stereocenters. The van der Waals surface area contributed by atoms with E-state index in [0.717, 1.165) is 12.8 Å². The molecule has 0 rings (SSSR count). The first-order chi connectivity index (χ1) is 5.11. The molecule has 0 aromatic heterocycles. The van der Waals surface area contributed by atoms with Gasteiger partial charge in [-0.1, -0.05) is 13.8 Å². The standard InChI is InChI=1S/C8H17NO2/c1-4-7(5-2)9-8(11)6(3)10/h6-7,10H,4-5H2,1-3H3,(H,9,11). The topological polar surface area (TPSA) is 49.3 Å². The van der Waals surface area contributed by atoms with Crippen molar-refractivity contribution in [3.63, 3.8) is 0 Å². The highest BCUT2D eigenvalue weighted by Gasteiger charge is 2.11. The lowest BCUT2D eigenvalue weighted by Crippen LogP contribution is -2.39. The van der Waals surface area contributed by atoms with Crippen LogP contribution in [0.3, 0.4) is 0 Å². The van der Waals surface area contributed by atoms with E-state index in [-0.39, 0.29) is 11.9 Å². The molecule has 66 valence electrons. The molecule has 0 aromatic rings.